The average Bonchev–Trinajstić information content (AvgIpc) is 4.05. The highest BCUT2D eigenvalue weighted by molar-refractivity contribution is 6.27. The van der Waals surface area contributed by atoms with Crippen molar-refractivity contribution in [3.8, 4) is 5.75 Å². The Bertz CT molecular complexity index is 2530. The summed E-state index contributed by atoms with van der Waals surface area (Å²) in [5.74, 6) is 0.320. The highest BCUT2D eigenvalue weighted by atomic mass is 16.5. The van der Waals surface area contributed by atoms with Crippen LogP contribution < -0.4 is 15.4 Å². The van der Waals surface area contributed by atoms with Crippen LogP contribution in [0.3, 0.4) is 0 Å². The van der Waals surface area contributed by atoms with Gasteiger partial charge in [-0.3, -0.25) is 0 Å². The molecule has 2 aromatic carbocycles. The Morgan fingerprint density at radius 2 is 1.21 bits per heavy atom. The van der Waals surface area contributed by atoms with Gasteiger partial charge in [-0.2, -0.15) is 9.13 Å². The monoisotopic (exact) mass is 754 g/mol. The van der Waals surface area contributed by atoms with Crippen molar-refractivity contribution in [2.24, 2.45) is 0 Å². The summed E-state index contributed by atoms with van der Waals surface area (Å²) in [6.45, 7) is 5.24. The Labute approximate surface area is 338 Å². The fraction of sp³-hybridized carbons (Fsp3) is 0.385. The van der Waals surface area contributed by atoms with Crippen LogP contribution in [0.5, 0.6) is 5.75 Å². The van der Waals surface area contributed by atoms with Gasteiger partial charge < -0.3 is 4.74 Å². The van der Waals surface area contributed by atoms with Crippen LogP contribution in [0.1, 0.15) is 138 Å². The smallest absolute Gasteiger partial charge is 0.494 e. The minimum atomic E-state index is -0.637. The van der Waals surface area contributed by atoms with E-state index in [1.54, 1.807) is 0 Å². The zero-order chi connectivity index (χ0) is 38.3. The zero-order valence-corrected chi connectivity index (χ0v) is 34.1. The van der Waals surface area contributed by atoms with Gasteiger partial charge in [-0.15, -0.1) is 0 Å². The van der Waals surface area contributed by atoms with Crippen molar-refractivity contribution in [3.63, 3.8) is 0 Å². The minimum absolute atomic E-state index is 0.637. The molecule has 290 valence electrons. The van der Waals surface area contributed by atoms with Crippen molar-refractivity contribution in [3.05, 3.63) is 147 Å². The number of hydrogen-bond acceptors (Lipinski definition) is 1. The van der Waals surface area contributed by atoms with E-state index in [1.807, 2.05) is 0 Å². The van der Waals surface area contributed by atoms with Gasteiger partial charge in [0, 0.05) is 36.5 Å². The second kappa shape index (κ2) is 15.3. The maximum atomic E-state index is 6.29. The van der Waals surface area contributed by atoms with Crippen molar-refractivity contribution in [2.75, 3.05) is 6.61 Å². The zero-order valence-electron chi connectivity index (χ0n) is 34.1. The number of unbranched alkanes of at least 4 members (excludes halogenated alkanes) is 15. The molecule has 2 aromatic heterocycles. The van der Waals surface area contributed by atoms with Gasteiger partial charge in [0.15, 0.2) is 0 Å². The highest BCUT2D eigenvalue weighted by Gasteiger charge is 2.71. The molecule has 0 N–H and O–H groups in total. The average molecular weight is 755 g/mol. The normalized spacial score (nSPS) is 18.8. The van der Waals surface area contributed by atoms with Crippen LogP contribution in [0.15, 0.2) is 108 Å². The van der Waals surface area contributed by atoms with Gasteiger partial charge in [-0.05, 0) is 60.9 Å². The Hall–Kier alpha value is -5.16. The van der Waals surface area contributed by atoms with Crippen molar-refractivity contribution >= 4 is 34.7 Å². The van der Waals surface area contributed by atoms with E-state index in [2.05, 4.69) is 141 Å². The van der Waals surface area contributed by atoms with Gasteiger partial charge in [0.1, 0.15) is 5.75 Å². The first-order chi connectivity index (χ1) is 28.2. The van der Waals surface area contributed by atoms with Crippen LogP contribution in [0.4, 0.5) is 0 Å². The fourth-order valence-electron chi connectivity index (χ4n) is 10.4. The number of benzene rings is 2. The molecule has 10 rings (SSSR count). The number of hydrogen-bond donors (Lipinski definition) is 0. The predicted octanol–water partition coefficient (Wildman–Crippen LogP) is 10.5. The number of nitrogens with zero attached hydrogens (tertiary/aromatic N) is 4. The molecule has 6 aliphatic rings. The van der Waals surface area contributed by atoms with Crippen molar-refractivity contribution in [2.45, 2.75) is 122 Å². The van der Waals surface area contributed by atoms with E-state index in [-0.39, 0.29) is 0 Å². The molecule has 0 unspecified atom stereocenters. The predicted molar refractivity (Wildman–Crippen MR) is 234 cm³/mol. The third-order valence-electron chi connectivity index (χ3n) is 13.2. The maximum absolute atomic E-state index is 6.29. The molecule has 8 heterocycles. The van der Waals surface area contributed by atoms with Gasteiger partial charge in [0.2, 0.25) is 22.8 Å². The lowest BCUT2D eigenvalue weighted by Crippen LogP contribution is -2.70. The molecule has 5 nitrogen and oxygen atoms in total. The standard InChI is InChI=1S/C52H58N4O/c1-3-4-5-6-7-8-9-10-11-12-13-14-15-16-17-18-35-57-45-29-23-40(24-30-45)51-48-33-27-43-36-41-25-31-46-50(39-21-19-38(2)20-22-39)47-32-26-42-37-44-28-34-49(51)56(44)52(53(41)46,54(42)47)55(43)48/h19-34,36-37H,3-18,35H2,1-2H3/q+2/t52-/m0/s1. The van der Waals surface area contributed by atoms with E-state index in [0.29, 0.717) is 0 Å². The molecule has 6 aliphatic heterocycles. The van der Waals surface area contributed by atoms with E-state index in [0.717, 1.165) is 18.8 Å². The lowest BCUT2D eigenvalue weighted by molar-refractivity contribution is -0.834. The first-order valence-corrected chi connectivity index (χ1v) is 22.3. The molecule has 0 amide bonds. The van der Waals surface area contributed by atoms with Crippen LogP contribution in [0.25, 0.3) is 23.3 Å². The van der Waals surface area contributed by atoms with Gasteiger partial charge in [0.25, 0.3) is 0 Å². The van der Waals surface area contributed by atoms with E-state index >= 15 is 0 Å². The quantitative estimate of drug-likeness (QED) is 0.0652. The Balaban J connectivity index is 0.820. The molecular weight excluding hydrogens is 697 g/mol. The number of rotatable bonds is 20. The second-order valence-electron chi connectivity index (χ2n) is 17.1. The Kier molecular flexibility index (Phi) is 9.72. The molecule has 0 aliphatic carbocycles. The maximum Gasteiger partial charge on any atom is 0.553 e. The fourth-order valence-corrected chi connectivity index (χ4v) is 10.4. The number of aromatic nitrogens is 2. The van der Waals surface area contributed by atoms with Crippen LogP contribution in [-0.4, -0.2) is 36.3 Å². The Morgan fingerprint density at radius 1 is 0.561 bits per heavy atom. The second-order valence-corrected chi connectivity index (χ2v) is 17.1. The lowest BCUT2D eigenvalue weighted by atomic mass is 9.95. The molecule has 5 heteroatoms. The summed E-state index contributed by atoms with van der Waals surface area (Å²) in [6.07, 6.45) is 36.1. The SMILES string of the molecule is CCCCCCCCCCCCCCCCCCOc1ccc(C2=C3C=CC4=[N+]3[C@@]35n6c(ccc62)C=C2C=CC(=[N+]23)C(c2ccc(C)cc2)=c2ccc(n25)=C4)cc1. The van der Waals surface area contributed by atoms with Gasteiger partial charge in [-0.25, -0.2) is 0 Å². The van der Waals surface area contributed by atoms with E-state index in [1.165, 1.54) is 169 Å². The van der Waals surface area contributed by atoms with Crippen LogP contribution >= 0.6 is 0 Å². The molecule has 1 atom stereocenters. The molecule has 4 aromatic rings. The van der Waals surface area contributed by atoms with Crippen LogP contribution in [-0.2, 0) is 5.91 Å². The van der Waals surface area contributed by atoms with Crippen molar-refractivity contribution in [1.29, 1.82) is 0 Å². The summed E-state index contributed by atoms with van der Waals surface area (Å²) >= 11 is 0. The van der Waals surface area contributed by atoms with Crippen LogP contribution in [0, 0.1) is 6.92 Å². The Morgan fingerprint density at radius 3 is 1.91 bits per heavy atom. The molecule has 1 spiro atoms. The summed E-state index contributed by atoms with van der Waals surface area (Å²) in [5, 5.41) is 2.47. The largest absolute Gasteiger partial charge is 0.553 e. The topological polar surface area (TPSA) is 25.1 Å². The van der Waals surface area contributed by atoms with Crippen molar-refractivity contribution < 1.29 is 13.9 Å². The van der Waals surface area contributed by atoms with Gasteiger partial charge >= 0.3 is 5.91 Å². The molecular formula is C52H58N4O+2. The number of aryl methyl sites for hydroxylation is 1. The molecule has 0 saturated carbocycles. The van der Waals surface area contributed by atoms with Crippen molar-refractivity contribution in [1.82, 2.24) is 9.13 Å². The molecule has 0 bridgehead atoms. The van der Waals surface area contributed by atoms with Gasteiger partial charge in [-0.1, -0.05) is 154 Å². The summed E-state index contributed by atoms with van der Waals surface area (Å²) in [6, 6.07) is 27.2. The number of allylic oxidation sites excluding steroid dienone is 4. The third kappa shape index (κ3) is 6.03. The molecule has 0 radical (unpaired) electrons. The van der Waals surface area contributed by atoms with Gasteiger partial charge in [0.05, 0.1) is 39.8 Å². The summed E-state index contributed by atoms with van der Waals surface area (Å²) in [7, 11) is 0. The highest BCUT2D eigenvalue weighted by Crippen LogP contribution is 2.49. The lowest BCUT2D eigenvalue weighted by Gasteiger charge is -2.39. The summed E-state index contributed by atoms with van der Waals surface area (Å²) in [4.78, 5) is 0. The van der Waals surface area contributed by atoms with E-state index in [9.17, 15) is 0 Å². The molecule has 0 fully saturated rings. The van der Waals surface area contributed by atoms with Crippen LogP contribution in [0.2, 0.25) is 0 Å². The van der Waals surface area contributed by atoms with E-state index < -0.39 is 5.91 Å². The minimum Gasteiger partial charge on any atom is -0.494 e. The molecule has 0 saturated heterocycles. The van der Waals surface area contributed by atoms with E-state index in [4.69, 9.17) is 4.74 Å². The first kappa shape index (κ1) is 36.2. The number of ether oxygens (including phenoxy) is 1. The summed E-state index contributed by atoms with van der Waals surface area (Å²) < 4.78 is 16.6. The first-order valence-electron chi connectivity index (χ1n) is 22.3. The summed E-state index contributed by atoms with van der Waals surface area (Å²) in [5.41, 5.74) is 13.6. The third-order valence-corrected chi connectivity index (χ3v) is 13.2. The molecule has 57 heavy (non-hydrogen) atoms.